The molecule has 1 aromatic heterocycles. The van der Waals surface area contributed by atoms with Crippen LogP contribution in [-0.2, 0) is 18.3 Å². The molecule has 0 spiro atoms. The summed E-state index contributed by atoms with van der Waals surface area (Å²) < 4.78 is 43.3. The van der Waals surface area contributed by atoms with Crippen molar-refractivity contribution in [1.82, 2.24) is 10.6 Å². The first kappa shape index (κ1) is 20.8. The van der Waals surface area contributed by atoms with Gasteiger partial charge >= 0.3 is 6.18 Å². The highest BCUT2D eigenvalue weighted by Gasteiger charge is 2.30. The molecular weight excluding hydrogens is 359 g/mol. The molecule has 1 unspecified atom stereocenters. The van der Waals surface area contributed by atoms with Crippen molar-refractivity contribution in [2.24, 2.45) is 4.99 Å². The average Bonchev–Trinajstić information content (AvgIpc) is 3.04. The number of aliphatic imine (C=N–C) groups is 1. The summed E-state index contributed by atoms with van der Waals surface area (Å²) in [4.78, 5) is 4.35. The molecule has 27 heavy (non-hydrogen) atoms. The van der Waals surface area contributed by atoms with Crippen LogP contribution in [0.15, 0.2) is 45.8 Å². The fourth-order valence-corrected chi connectivity index (χ4v) is 2.38. The predicted octanol–water partition coefficient (Wildman–Crippen LogP) is 3.57. The number of nitrogens with one attached hydrogen (secondary N) is 2. The number of nitrogens with zero attached hydrogens (tertiary/aromatic N) is 1. The van der Waals surface area contributed by atoms with E-state index in [9.17, 15) is 18.3 Å². The summed E-state index contributed by atoms with van der Waals surface area (Å²) in [5.74, 6) is 1.58. The lowest BCUT2D eigenvalue weighted by molar-refractivity contribution is -0.137. The number of hydrogen-bond donors (Lipinski definition) is 3. The van der Waals surface area contributed by atoms with Gasteiger partial charge < -0.3 is 20.2 Å². The number of furan rings is 1. The van der Waals surface area contributed by atoms with E-state index in [1.807, 2.05) is 6.92 Å². The first-order valence-electron chi connectivity index (χ1n) is 8.59. The molecule has 0 saturated carbocycles. The Labute approximate surface area is 156 Å². The zero-order valence-corrected chi connectivity index (χ0v) is 15.5. The fourth-order valence-electron chi connectivity index (χ4n) is 2.38. The molecule has 0 radical (unpaired) electrons. The molecule has 5 nitrogen and oxygen atoms in total. The number of benzene rings is 1. The minimum absolute atomic E-state index is 0.152. The van der Waals surface area contributed by atoms with Gasteiger partial charge in [-0.1, -0.05) is 12.1 Å². The number of rotatable bonds is 6. The van der Waals surface area contributed by atoms with Crippen molar-refractivity contribution < 1.29 is 22.7 Å². The molecule has 0 saturated heterocycles. The molecule has 1 atom stereocenters. The Morgan fingerprint density at radius 3 is 2.30 bits per heavy atom. The third-order valence-corrected chi connectivity index (χ3v) is 3.92. The molecule has 1 aromatic carbocycles. The maximum Gasteiger partial charge on any atom is 0.416 e. The van der Waals surface area contributed by atoms with Crippen molar-refractivity contribution >= 4 is 5.96 Å². The zero-order valence-electron chi connectivity index (χ0n) is 15.5. The molecule has 148 valence electrons. The standard InChI is InChI=1S/C19H24F3N3O2/c1-4-23-17(25-12-18(3,26)16-10-5-13(2)27-16)24-11-14-6-8-15(9-7-14)19(20,21)22/h5-10,26H,4,11-12H2,1-3H3,(H2,23,24,25). The predicted molar refractivity (Wildman–Crippen MR) is 97.3 cm³/mol. The molecule has 2 aromatic rings. The molecule has 0 fully saturated rings. The molecule has 0 amide bonds. The van der Waals surface area contributed by atoms with Crippen molar-refractivity contribution in [3.05, 3.63) is 59.0 Å². The van der Waals surface area contributed by atoms with Crippen LogP contribution in [-0.4, -0.2) is 24.2 Å². The number of halogens is 3. The molecular formula is C19H24F3N3O2. The van der Waals surface area contributed by atoms with E-state index < -0.39 is 17.3 Å². The largest absolute Gasteiger partial charge is 0.463 e. The van der Waals surface area contributed by atoms with E-state index in [-0.39, 0.29) is 13.1 Å². The van der Waals surface area contributed by atoms with Gasteiger partial charge in [-0.2, -0.15) is 13.2 Å². The van der Waals surface area contributed by atoms with Crippen LogP contribution >= 0.6 is 0 Å². The van der Waals surface area contributed by atoms with Gasteiger partial charge in [0.25, 0.3) is 0 Å². The highest BCUT2D eigenvalue weighted by Crippen LogP contribution is 2.29. The maximum atomic E-state index is 12.6. The van der Waals surface area contributed by atoms with Gasteiger partial charge in [0.2, 0.25) is 0 Å². The summed E-state index contributed by atoms with van der Waals surface area (Å²) >= 11 is 0. The summed E-state index contributed by atoms with van der Waals surface area (Å²) in [6.45, 7) is 6.26. The quantitative estimate of drug-likeness (QED) is 0.527. The summed E-state index contributed by atoms with van der Waals surface area (Å²) in [6.07, 6.45) is -4.35. The lowest BCUT2D eigenvalue weighted by Gasteiger charge is -2.22. The Morgan fingerprint density at radius 2 is 1.78 bits per heavy atom. The van der Waals surface area contributed by atoms with Gasteiger partial charge in [0.15, 0.2) is 5.96 Å². The maximum absolute atomic E-state index is 12.6. The van der Waals surface area contributed by atoms with Crippen LogP contribution in [0.1, 0.15) is 36.5 Å². The molecule has 0 aliphatic rings. The Bertz CT molecular complexity index is 765. The Hall–Kier alpha value is -2.48. The summed E-state index contributed by atoms with van der Waals surface area (Å²) in [6, 6.07) is 8.36. The van der Waals surface area contributed by atoms with Gasteiger partial charge in [-0.15, -0.1) is 0 Å². The van der Waals surface area contributed by atoms with Crippen LogP contribution in [0.25, 0.3) is 0 Å². The van der Waals surface area contributed by atoms with Crippen molar-refractivity contribution in [2.75, 3.05) is 13.1 Å². The number of hydrogen-bond acceptors (Lipinski definition) is 3. The Morgan fingerprint density at radius 1 is 1.11 bits per heavy atom. The third kappa shape index (κ3) is 6.02. The Balaban J connectivity index is 2.01. The fraction of sp³-hybridized carbons (Fsp3) is 0.421. The summed E-state index contributed by atoms with van der Waals surface area (Å²) in [5, 5.41) is 16.6. The van der Waals surface area contributed by atoms with E-state index in [1.54, 1.807) is 26.0 Å². The van der Waals surface area contributed by atoms with E-state index in [1.165, 1.54) is 12.1 Å². The van der Waals surface area contributed by atoms with Gasteiger partial charge in [0.1, 0.15) is 17.1 Å². The van der Waals surface area contributed by atoms with E-state index in [0.717, 1.165) is 12.1 Å². The van der Waals surface area contributed by atoms with Gasteiger partial charge in [0, 0.05) is 6.54 Å². The van der Waals surface area contributed by atoms with Crippen molar-refractivity contribution in [3.63, 3.8) is 0 Å². The van der Waals surface area contributed by atoms with Crippen molar-refractivity contribution in [2.45, 2.75) is 39.1 Å². The summed E-state index contributed by atoms with van der Waals surface area (Å²) in [7, 11) is 0. The summed E-state index contributed by atoms with van der Waals surface area (Å²) in [5.41, 5.74) is -1.28. The normalized spacial score (nSPS) is 14.7. The number of aryl methyl sites for hydroxylation is 1. The number of aliphatic hydroxyl groups is 1. The second-order valence-corrected chi connectivity index (χ2v) is 6.43. The lowest BCUT2D eigenvalue weighted by Crippen LogP contribution is -2.44. The molecule has 3 N–H and O–H groups in total. The highest BCUT2D eigenvalue weighted by molar-refractivity contribution is 5.79. The Kier molecular flexibility index (Phi) is 6.54. The molecule has 1 heterocycles. The van der Waals surface area contributed by atoms with E-state index in [0.29, 0.717) is 29.6 Å². The lowest BCUT2D eigenvalue weighted by atomic mass is 10.0. The van der Waals surface area contributed by atoms with Gasteiger partial charge in [-0.05, 0) is 50.6 Å². The number of alkyl halides is 3. The van der Waals surface area contributed by atoms with Crippen LogP contribution < -0.4 is 10.6 Å². The van der Waals surface area contributed by atoms with E-state index >= 15 is 0 Å². The smallest absolute Gasteiger partial charge is 0.416 e. The van der Waals surface area contributed by atoms with Crippen LogP contribution in [0.2, 0.25) is 0 Å². The SMILES string of the molecule is CCNC(=NCc1ccc(C(F)(F)F)cc1)NCC(C)(O)c1ccc(C)o1. The highest BCUT2D eigenvalue weighted by atomic mass is 19.4. The van der Waals surface area contributed by atoms with Crippen LogP contribution in [0.3, 0.4) is 0 Å². The minimum Gasteiger partial charge on any atom is -0.463 e. The second-order valence-electron chi connectivity index (χ2n) is 6.43. The van der Waals surface area contributed by atoms with Crippen LogP contribution in [0, 0.1) is 6.92 Å². The van der Waals surface area contributed by atoms with E-state index in [2.05, 4.69) is 15.6 Å². The first-order valence-corrected chi connectivity index (χ1v) is 8.59. The molecule has 0 bridgehead atoms. The zero-order chi connectivity index (χ0) is 20.1. The van der Waals surface area contributed by atoms with Crippen molar-refractivity contribution in [1.29, 1.82) is 0 Å². The van der Waals surface area contributed by atoms with Gasteiger partial charge in [-0.25, -0.2) is 4.99 Å². The topological polar surface area (TPSA) is 69.8 Å². The first-order chi connectivity index (χ1) is 12.6. The van der Waals surface area contributed by atoms with Crippen LogP contribution in [0.4, 0.5) is 13.2 Å². The van der Waals surface area contributed by atoms with Crippen molar-refractivity contribution in [3.8, 4) is 0 Å². The average molecular weight is 383 g/mol. The third-order valence-electron chi connectivity index (χ3n) is 3.92. The van der Waals surface area contributed by atoms with Gasteiger partial charge in [0.05, 0.1) is 18.7 Å². The number of guanidine groups is 1. The van der Waals surface area contributed by atoms with E-state index in [4.69, 9.17) is 4.42 Å². The minimum atomic E-state index is -4.35. The second kappa shape index (κ2) is 8.47. The monoisotopic (exact) mass is 383 g/mol. The van der Waals surface area contributed by atoms with Crippen LogP contribution in [0.5, 0.6) is 0 Å². The molecule has 0 aliphatic carbocycles. The molecule has 2 rings (SSSR count). The molecule has 0 aliphatic heterocycles. The van der Waals surface area contributed by atoms with Gasteiger partial charge in [-0.3, -0.25) is 0 Å². The molecule has 8 heteroatoms.